The molecule has 0 radical (unpaired) electrons. The summed E-state index contributed by atoms with van der Waals surface area (Å²) in [5, 5.41) is 0. The van der Waals surface area contributed by atoms with Gasteiger partial charge in [-0.2, -0.15) is 0 Å². The molecule has 0 bridgehead atoms. The fraction of sp³-hybridized carbons (Fsp3) is 0.467. The molecule has 1 rings (SSSR count). The summed E-state index contributed by atoms with van der Waals surface area (Å²) in [7, 11) is 0. The SMILES string of the molecule is Cc1ccc(OC/C=C/C(C)(C)C)c(C)c1. The van der Waals surface area contributed by atoms with E-state index in [0.29, 0.717) is 6.61 Å². The maximum absolute atomic E-state index is 5.70. The summed E-state index contributed by atoms with van der Waals surface area (Å²) in [5.74, 6) is 0.976. The number of aryl methyl sites for hydroxylation is 2. The van der Waals surface area contributed by atoms with Crippen LogP contribution in [0, 0.1) is 19.3 Å². The molecule has 88 valence electrons. The first-order chi connectivity index (χ1) is 7.38. The standard InChI is InChI=1S/C15H22O/c1-12-7-8-14(13(2)11-12)16-10-6-9-15(3,4)5/h6-9,11H,10H2,1-5H3/b9-6+. The molecule has 0 aromatic heterocycles. The van der Waals surface area contributed by atoms with Gasteiger partial charge in [-0.05, 0) is 30.9 Å². The number of ether oxygens (including phenoxy) is 1. The van der Waals surface area contributed by atoms with Crippen LogP contribution in [-0.4, -0.2) is 6.61 Å². The van der Waals surface area contributed by atoms with Gasteiger partial charge in [0.1, 0.15) is 12.4 Å². The molecule has 0 spiro atoms. The Morgan fingerprint density at radius 3 is 2.44 bits per heavy atom. The Balaban J connectivity index is 2.53. The first-order valence-corrected chi connectivity index (χ1v) is 5.76. The predicted molar refractivity (Wildman–Crippen MR) is 70.0 cm³/mol. The van der Waals surface area contributed by atoms with Crippen molar-refractivity contribution in [3.05, 3.63) is 41.5 Å². The molecule has 1 aromatic rings. The van der Waals surface area contributed by atoms with Gasteiger partial charge in [0.2, 0.25) is 0 Å². The molecule has 0 aliphatic heterocycles. The van der Waals surface area contributed by atoms with Crippen LogP contribution in [0.25, 0.3) is 0 Å². The summed E-state index contributed by atoms with van der Waals surface area (Å²) in [6.07, 6.45) is 4.26. The van der Waals surface area contributed by atoms with Gasteiger partial charge in [0.05, 0.1) is 0 Å². The molecule has 1 aromatic carbocycles. The maximum Gasteiger partial charge on any atom is 0.122 e. The Kier molecular flexibility index (Phi) is 4.17. The molecule has 0 atom stereocenters. The molecular formula is C15H22O. The highest BCUT2D eigenvalue weighted by molar-refractivity contribution is 5.35. The largest absolute Gasteiger partial charge is 0.489 e. The van der Waals surface area contributed by atoms with E-state index in [0.717, 1.165) is 5.75 Å². The minimum Gasteiger partial charge on any atom is -0.489 e. The lowest BCUT2D eigenvalue weighted by Gasteiger charge is -2.12. The summed E-state index contributed by atoms with van der Waals surface area (Å²) in [4.78, 5) is 0. The summed E-state index contributed by atoms with van der Waals surface area (Å²) < 4.78 is 5.70. The van der Waals surface area contributed by atoms with Gasteiger partial charge in [-0.1, -0.05) is 50.6 Å². The molecule has 0 amide bonds. The van der Waals surface area contributed by atoms with E-state index in [9.17, 15) is 0 Å². The Morgan fingerprint density at radius 1 is 1.19 bits per heavy atom. The zero-order valence-electron chi connectivity index (χ0n) is 11.0. The van der Waals surface area contributed by atoms with Crippen LogP contribution in [0.4, 0.5) is 0 Å². The molecule has 0 N–H and O–H groups in total. The first-order valence-electron chi connectivity index (χ1n) is 5.76. The molecule has 0 saturated heterocycles. The van der Waals surface area contributed by atoms with Crippen LogP contribution in [0.5, 0.6) is 5.75 Å². The molecular weight excluding hydrogens is 196 g/mol. The van der Waals surface area contributed by atoms with Crippen molar-refractivity contribution in [2.75, 3.05) is 6.61 Å². The molecule has 0 fully saturated rings. The molecule has 16 heavy (non-hydrogen) atoms. The van der Waals surface area contributed by atoms with Gasteiger partial charge in [-0.25, -0.2) is 0 Å². The molecule has 0 unspecified atom stereocenters. The van der Waals surface area contributed by atoms with Crippen molar-refractivity contribution in [2.24, 2.45) is 5.41 Å². The Hall–Kier alpha value is -1.24. The third kappa shape index (κ3) is 4.52. The average Bonchev–Trinajstić information content (AvgIpc) is 2.13. The van der Waals surface area contributed by atoms with Crippen molar-refractivity contribution in [1.82, 2.24) is 0 Å². The fourth-order valence-corrected chi connectivity index (χ4v) is 1.50. The van der Waals surface area contributed by atoms with Gasteiger partial charge in [0, 0.05) is 0 Å². The van der Waals surface area contributed by atoms with Gasteiger partial charge in [-0.3, -0.25) is 0 Å². The van der Waals surface area contributed by atoms with Crippen LogP contribution >= 0.6 is 0 Å². The van der Waals surface area contributed by atoms with Crippen molar-refractivity contribution in [2.45, 2.75) is 34.6 Å². The molecule has 1 heteroatoms. The smallest absolute Gasteiger partial charge is 0.122 e. The van der Waals surface area contributed by atoms with Crippen molar-refractivity contribution in [3.63, 3.8) is 0 Å². The van der Waals surface area contributed by atoms with Gasteiger partial charge in [-0.15, -0.1) is 0 Å². The van der Waals surface area contributed by atoms with E-state index in [1.165, 1.54) is 11.1 Å². The van der Waals surface area contributed by atoms with Gasteiger partial charge in [0.15, 0.2) is 0 Å². The number of allylic oxidation sites excluding steroid dienone is 1. The summed E-state index contributed by atoms with van der Waals surface area (Å²) >= 11 is 0. The highest BCUT2D eigenvalue weighted by atomic mass is 16.5. The number of benzene rings is 1. The van der Waals surface area contributed by atoms with E-state index in [-0.39, 0.29) is 5.41 Å². The number of rotatable bonds is 3. The van der Waals surface area contributed by atoms with E-state index in [2.05, 4.69) is 58.9 Å². The van der Waals surface area contributed by atoms with Gasteiger partial charge in [0.25, 0.3) is 0 Å². The normalized spacial score (nSPS) is 12.1. The summed E-state index contributed by atoms with van der Waals surface area (Å²) in [5.41, 5.74) is 2.70. The van der Waals surface area contributed by atoms with Gasteiger partial charge >= 0.3 is 0 Å². The second-order valence-corrected chi connectivity index (χ2v) is 5.35. The van der Waals surface area contributed by atoms with Crippen molar-refractivity contribution in [1.29, 1.82) is 0 Å². The first kappa shape index (κ1) is 12.8. The van der Waals surface area contributed by atoms with E-state index < -0.39 is 0 Å². The monoisotopic (exact) mass is 218 g/mol. The van der Waals surface area contributed by atoms with Crippen LogP contribution in [0.2, 0.25) is 0 Å². The van der Waals surface area contributed by atoms with Crippen molar-refractivity contribution < 1.29 is 4.74 Å². The fourth-order valence-electron chi connectivity index (χ4n) is 1.50. The number of hydrogen-bond donors (Lipinski definition) is 0. The maximum atomic E-state index is 5.70. The minimum absolute atomic E-state index is 0.228. The van der Waals surface area contributed by atoms with Crippen LogP contribution < -0.4 is 4.74 Å². The van der Waals surface area contributed by atoms with E-state index in [4.69, 9.17) is 4.74 Å². The summed E-state index contributed by atoms with van der Waals surface area (Å²) in [6, 6.07) is 6.26. The number of hydrogen-bond acceptors (Lipinski definition) is 1. The Bertz CT molecular complexity index is 370. The lowest BCUT2D eigenvalue weighted by molar-refractivity contribution is 0.358. The summed E-state index contributed by atoms with van der Waals surface area (Å²) in [6.45, 7) is 11.4. The van der Waals surface area contributed by atoms with Crippen LogP contribution in [0.3, 0.4) is 0 Å². The van der Waals surface area contributed by atoms with Crippen molar-refractivity contribution >= 4 is 0 Å². The molecule has 0 aliphatic carbocycles. The lowest BCUT2D eigenvalue weighted by Crippen LogP contribution is -2.01. The third-order valence-corrected chi connectivity index (χ3v) is 2.28. The second-order valence-electron chi connectivity index (χ2n) is 5.35. The molecule has 0 heterocycles. The Morgan fingerprint density at radius 2 is 1.88 bits per heavy atom. The molecule has 0 saturated carbocycles. The second kappa shape index (κ2) is 5.20. The van der Waals surface area contributed by atoms with Crippen LogP contribution in [0.1, 0.15) is 31.9 Å². The lowest BCUT2D eigenvalue weighted by atomic mass is 9.96. The Labute approximate surface area is 99.1 Å². The van der Waals surface area contributed by atoms with E-state index in [1.807, 2.05) is 6.07 Å². The minimum atomic E-state index is 0.228. The van der Waals surface area contributed by atoms with E-state index >= 15 is 0 Å². The molecule has 0 aliphatic rings. The van der Waals surface area contributed by atoms with E-state index in [1.54, 1.807) is 0 Å². The highest BCUT2D eigenvalue weighted by Crippen LogP contribution is 2.19. The quantitative estimate of drug-likeness (QED) is 0.688. The van der Waals surface area contributed by atoms with Crippen LogP contribution in [-0.2, 0) is 0 Å². The van der Waals surface area contributed by atoms with Gasteiger partial charge < -0.3 is 4.74 Å². The third-order valence-electron chi connectivity index (χ3n) is 2.28. The topological polar surface area (TPSA) is 9.23 Å². The van der Waals surface area contributed by atoms with Crippen molar-refractivity contribution in [3.8, 4) is 5.75 Å². The van der Waals surface area contributed by atoms with Crippen LogP contribution in [0.15, 0.2) is 30.4 Å². The highest BCUT2D eigenvalue weighted by Gasteiger charge is 2.03. The zero-order chi connectivity index (χ0) is 12.2. The molecule has 1 nitrogen and oxygen atoms in total. The average molecular weight is 218 g/mol. The predicted octanol–water partition coefficient (Wildman–Crippen LogP) is 4.28. The zero-order valence-corrected chi connectivity index (χ0v) is 11.0.